The fourth-order valence-electron chi connectivity index (χ4n) is 8.47. The number of ether oxygens (including phenoxy) is 7. The van der Waals surface area contributed by atoms with Crippen LogP contribution in [0.5, 0.6) is 0 Å². The topological polar surface area (TPSA) is 117 Å². The lowest BCUT2D eigenvalue weighted by Gasteiger charge is -2.44. The number of carbonyl (C=O) groups is 1. The van der Waals surface area contributed by atoms with Gasteiger partial charge in [-0.3, -0.25) is 9.69 Å². The second-order valence-corrected chi connectivity index (χ2v) is 17.3. The first kappa shape index (κ1) is 51.7. The quantitative estimate of drug-likeness (QED) is 0.0946. The molecule has 11 heteroatoms. The summed E-state index contributed by atoms with van der Waals surface area (Å²) in [6.07, 6.45) is 16.1. The second kappa shape index (κ2) is 32.4. The largest absolute Gasteiger partial charge is 0.392 e. The molecule has 0 spiro atoms. The summed E-state index contributed by atoms with van der Waals surface area (Å²) in [6.45, 7) is 9.89. The van der Waals surface area contributed by atoms with Gasteiger partial charge in [-0.2, -0.15) is 0 Å². The zero-order valence-electron chi connectivity index (χ0n) is 39.0. The minimum atomic E-state index is -0.641. The van der Waals surface area contributed by atoms with Gasteiger partial charge >= 0.3 is 0 Å². The molecular formula is C53H80N2O9. The first-order chi connectivity index (χ1) is 31.6. The standard InChI is InChI=1S/C53H80N2O9/c1-2-3-4-5-6-7-8-9-10-11-12-13-17-20-50(57)54-41-44-21-27-48(28-22-44)53-63-49(42-55-29-31-58-33-35-60-37-39-62-40-38-61-36-34-59-32-30-55)51(46-18-15-14-16-19-46)52(64-53)47-25-23-45(43-56)24-26-47/h14-16,18-19,21-28,49,51-53,56H,2-13,17,20,29-43H2,1H3,(H,54,57). The lowest BCUT2D eigenvalue weighted by molar-refractivity contribution is -0.263. The molecule has 0 saturated carbocycles. The predicted octanol–water partition coefficient (Wildman–Crippen LogP) is 9.61. The molecule has 5 rings (SSSR count). The summed E-state index contributed by atoms with van der Waals surface area (Å²) in [4.78, 5) is 15.1. The molecule has 2 fully saturated rings. The van der Waals surface area contributed by atoms with E-state index in [1.165, 1.54) is 70.6 Å². The maximum Gasteiger partial charge on any atom is 0.220 e. The molecule has 356 valence electrons. The molecule has 0 radical (unpaired) electrons. The number of aliphatic hydroxyl groups excluding tert-OH is 1. The van der Waals surface area contributed by atoms with Crippen molar-refractivity contribution in [2.75, 3.05) is 85.7 Å². The highest BCUT2D eigenvalue weighted by atomic mass is 16.7. The summed E-state index contributed by atoms with van der Waals surface area (Å²) in [7, 11) is 0. The van der Waals surface area contributed by atoms with E-state index in [1.807, 2.05) is 18.2 Å². The molecule has 2 aliphatic heterocycles. The third-order valence-electron chi connectivity index (χ3n) is 12.2. The van der Waals surface area contributed by atoms with Crippen molar-refractivity contribution < 1.29 is 43.1 Å². The number of benzene rings is 3. The normalized spacial score (nSPS) is 21.5. The van der Waals surface area contributed by atoms with Gasteiger partial charge in [0.05, 0.1) is 84.9 Å². The van der Waals surface area contributed by atoms with Crippen molar-refractivity contribution in [2.24, 2.45) is 0 Å². The Morgan fingerprint density at radius 1 is 0.562 bits per heavy atom. The maximum atomic E-state index is 12.8. The Balaban J connectivity index is 1.19. The van der Waals surface area contributed by atoms with Gasteiger partial charge in [0.2, 0.25) is 5.91 Å². The van der Waals surface area contributed by atoms with Gasteiger partial charge in [-0.25, -0.2) is 0 Å². The molecule has 4 unspecified atom stereocenters. The van der Waals surface area contributed by atoms with E-state index in [0.717, 1.165) is 40.7 Å². The van der Waals surface area contributed by atoms with E-state index < -0.39 is 6.29 Å². The maximum absolute atomic E-state index is 12.8. The monoisotopic (exact) mass is 889 g/mol. The van der Waals surface area contributed by atoms with Crippen molar-refractivity contribution in [1.29, 1.82) is 0 Å². The number of nitrogens with zero attached hydrogens (tertiary/aromatic N) is 1. The highest BCUT2D eigenvalue weighted by Gasteiger charge is 2.42. The summed E-state index contributed by atoms with van der Waals surface area (Å²) in [5.41, 5.74) is 4.93. The molecule has 2 heterocycles. The van der Waals surface area contributed by atoms with Crippen LogP contribution in [0.2, 0.25) is 0 Å². The highest BCUT2D eigenvalue weighted by Crippen LogP contribution is 2.47. The van der Waals surface area contributed by atoms with Gasteiger partial charge in [0.15, 0.2) is 6.29 Å². The minimum absolute atomic E-state index is 0.0275. The Hall–Kier alpha value is -3.23. The van der Waals surface area contributed by atoms with Crippen molar-refractivity contribution >= 4 is 5.91 Å². The molecule has 2 saturated heterocycles. The molecule has 3 aromatic carbocycles. The van der Waals surface area contributed by atoms with Gasteiger partial charge in [-0.05, 0) is 28.7 Å². The SMILES string of the molecule is CCCCCCCCCCCCCCCC(=O)NCc1ccc(C2OC(CN3CCOCCOCCOCCOCCOCC3)C(c3ccccc3)C(c3ccc(CO)cc3)O2)cc1. The molecule has 4 atom stereocenters. The smallest absolute Gasteiger partial charge is 0.220 e. The Morgan fingerprint density at radius 2 is 1.05 bits per heavy atom. The van der Waals surface area contributed by atoms with Crippen LogP contribution in [0.25, 0.3) is 0 Å². The van der Waals surface area contributed by atoms with Crippen LogP contribution < -0.4 is 5.32 Å². The summed E-state index contributed by atoms with van der Waals surface area (Å²) < 4.78 is 43.1. The van der Waals surface area contributed by atoms with Crippen LogP contribution in [0.15, 0.2) is 78.9 Å². The van der Waals surface area contributed by atoms with Crippen molar-refractivity contribution in [1.82, 2.24) is 10.2 Å². The number of aliphatic hydroxyl groups is 1. The van der Waals surface area contributed by atoms with Crippen molar-refractivity contribution in [3.8, 4) is 0 Å². The molecule has 0 aromatic heterocycles. The highest BCUT2D eigenvalue weighted by molar-refractivity contribution is 5.75. The number of hydrogen-bond donors (Lipinski definition) is 2. The van der Waals surface area contributed by atoms with Crippen LogP contribution in [0.4, 0.5) is 0 Å². The third-order valence-corrected chi connectivity index (χ3v) is 12.2. The minimum Gasteiger partial charge on any atom is -0.392 e. The van der Waals surface area contributed by atoms with Crippen molar-refractivity contribution in [3.63, 3.8) is 0 Å². The van der Waals surface area contributed by atoms with E-state index in [1.54, 1.807) is 0 Å². The van der Waals surface area contributed by atoms with Gasteiger partial charge in [0, 0.05) is 44.1 Å². The number of rotatable bonds is 22. The van der Waals surface area contributed by atoms with Gasteiger partial charge in [0.25, 0.3) is 0 Å². The van der Waals surface area contributed by atoms with E-state index in [4.69, 9.17) is 33.2 Å². The van der Waals surface area contributed by atoms with Crippen LogP contribution >= 0.6 is 0 Å². The fraction of sp³-hybridized carbons (Fsp3) is 0.642. The first-order valence-corrected chi connectivity index (χ1v) is 24.7. The van der Waals surface area contributed by atoms with E-state index in [9.17, 15) is 9.90 Å². The fourth-order valence-corrected chi connectivity index (χ4v) is 8.47. The molecule has 2 N–H and O–H groups in total. The van der Waals surface area contributed by atoms with Gasteiger partial charge in [-0.1, -0.05) is 163 Å². The third kappa shape index (κ3) is 20.1. The average Bonchev–Trinajstić information content (AvgIpc) is 3.33. The van der Waals surface area contributed by atoms with E-state index in [-0.39, 0.29) is 30.6 Å². The van der Waals surface area contributed by atoms with Crippen LogP contribution in [0.1, 0.15) is 143 Å². The Morgan fingerprint density at radius 3 is 1.58 bits per heavy atom. The Kier molecular flexibility index (Phi) is 26.2. The van der Waals surface area contributed by atoms with Gasteiger partial charge < -0.3 is 43.6 Å². The van der Waals surface area contributed by atoms with Crippen molar-refractivity contribution in [3.05, 3.63) is 107 Å². The zero-order valence-corrected chi connectivity index (χ0v) is 39.0. The molecule has 1 amide bonds. The number of unbranched alkanes of at least 4 members (excludes halogenated alkanes) is 12. The number of hydrogen-bond acceptors (Lipinski definition) is 10. The van der Waals surface area contributed by atoms with Crippen LogP contribution in [-0.4, -0.2) is 108 Å². The summed E-state index contributed by atoms with van der Waals surface area (Å²) in [5.74, 6) is -0.0335. The van der Waals surface area contributed by atoms with Gasteiger partial charge in [-0.15, -0.1) is 0 Å². The molecule has 3 aromatic rings. The predicted molar refractivity (Wildman–Crippen MR) is 252 cm³/mol. The number of carbonyl (C=O) groups excluding carboxylic acids is 1. The number of nitrogens with one attached hydrogen (secondary N) is 1. The molecule has 0 bridgehead atoms. The zero-order chi connectivity index (χ0) is 44.7. The molecular weight excluding hydrogens is 809 g/mol. The second-order valence-electron chi connectivity index (χ2n) is 17.3. The lowest BCUT2D eigenvalue weighted by atomic mass is 9.83. The van der Waals surface area contributed by atoms with E-state index in [0.29, 0.717) is 98.7 Å². The van der Waals surface area contributed by atoms with E-state index >= 15 is 0 Å². The number of amides is 1. The summed E-state index contributed by atoms with van der Waals surface area (Å²) in [6, 6.07) is 26.7. The van der Waals surface area contributed by atoms with E-state index in [2.05, 4.69) is 77.8 Å². The first-order valence-electron chi connectivity index (χ1n) is 24.7. The Bertz CT molecular complexity index is 1590. The Labute approximate surface area is 384 Å². The molecule has 11 nitrogen and oxygen atoms in total. The lowest BCUT2D eigenvalue weighted by Crippen LogP contribution is -2.46. The summed E-state index contributed by atoms with van der Waals surface area (Å²) >= 11 is 0. The molecule has 0 aliphatic carbocycles. The van der Waals surface area contributed by atoms with Crippen LogP contribution in [-0.2, 0) is 51.1 Å². The van der Waals surface area contributed by atoms with Crippen molar-refractivity contribution in [2.45, 2.75) is 134 Å². The average molecular weight is 889 g/mol. The van der Waals surface area contributed by atoms with Crippen LogP contribution in [0.3, 0.4) is 0 Å². The molecule has 64 heavy (non-hydrogen) atoms. The van der Waals surface area contributed by atoms with Gasteiger partial charge in [0.1, 0.15) is 0 Å². The molecule has 2 aliphatic rings. The summed E-state index contributed by atoms with van der Waals surface area (Å²) in [5, 5.41) is 13.0. The van der Waals surface area contributed by atoms with Crippen LogP contribution in [0, 0.1) is 0 Å².